The first-order valence-electron chi connectivity index (χ1n) is 7.13. The topological polar surface area (TPSA) is 49.4 Å². The standard InChI is InChI=1S/C14H22N2O2/c1-16-7-6-14(9-16)8-11(17)15-13(18)12(14)10-4-2-3-5-10/h10,12H,2-9H2,1H3,(H,15,17,18). The van der Waals surface area contributed by atoms with Crippen molar-refractivity contribution in [3.8, 4) is 0 Å². The molecule has 2 saturated heterocycles. The average Bonchev–Trinajstić information content (AvgIpc) is 2.89. The maximum Gasteiger partial charge on any atom is 0.230 e. The van der Waals surface area contributed by atoms with Crippen LogP contribution in [0.15, 0.2) is 0 Å². The van der Waals surface area contributed by atoms with Crippen molar-refractivity contribution in [2.75, 3.05) is 20.1 Å². The van der Waals surface area contributed by atoms with E-state index in [1.807, 2.05) is 0 Å². The summed E-state index contributed by atoms with van der Waals surface area (Å²) < 4.78 is 0. The molecule has 3 fully saturated rings. The first-order chi connectivity index (χ1) is 8.61. The highest BCUT2D eigenvalue weighted by Crippen LogP contribution is 2.49. The van der Waals surface area contributed by atoms with Gasteiger partial charge in [0, 0.05) is 24.3 Å². The third kappa shape index (κ3) is 1.87. The number of piperidine rings is 1. The number of imide groups is 1. The summed E-state index contributed by atoms with van der Waals surface area (Å²) in [4.78, 5) is 26.3. The highest BCUT2D eigenvalue weighted by Gasteiger charge is 2.54. The number of likely N-dealkylation sites (tertiary alicyclic amines) is 1. The molecule has 4 nitrogen and oxygen atoms in total. The summed E-state index contributed by atoms with van der Waals surface area (Å²) in [5, 5.41) is 2.58. The second-order valence-corrected chi connectivity index (χ2v) is 6.46. The third-order valence-electron chi connectivity index (χ3n) is 5.16. The number of carbonyl (C=O) groups is 2. The van der Waals surface area contributed by atoms with Gasteiger partial charge in [-0.2, -0.15) is 0 Å². The predicted molar refractivity (Wildman–Crippen MR) is 67.8 cm³/mol. The highest BCUT2D eigenvalue weighted by molar-refractivity contribution is 6.00. The molecule has 3 rings (SSSR count). The van der Waals surface area contributed by atoms with Crippen LogP contribution in [0, 0.1) is 17.3 Å². The van der Waals surface area contributed by atoms with E-state index < -0.39 is 0 Å². The molecule has 2 atom stereocenters. The Morgan fingerprint density at radius 1 is 1.28 bits per heavy atom. The number of nitrogens with zero attached hydrogens (tertiary/aromatic N) is 1. The summed E-state index contributed by atoms with van der Waals surface area (Å²) in [7, 11) is 2.09. The molecule has 4 heteroatoms. The molecule has 1 N–H and O–H groups in total. The van der Waals surface area contributed by atoms with Gasteiger partial charge in [0.25, 0.3) is 0 Å². The molecule has 1 spiro atoms. The summed E-state index contributed by atoms with van der Waals surface area (Å²) in [5.74, 6) is 0.519. The van der Waals surface area contributed by atoms with E-state index in [4.69, 9.17) is 0 Å². The molecule has 100 valence electrons. The Kier molecular flexibility index (Phi) is 2.93. The van der Waals surface area contributed by atoms with E-state index in [9.17, 15) is 9.59 Å². The molecule has 2 heterocycles. The Morgan fingerprint density at radius 3 is 2.61 bits per heavy atom. The summed E-state index contributed by atoms with van der Waals surface area (Å²) in [6, 6.07) is 0. The normalized spacial score (nSPS) is 38.6. The van der Waals surface area contributed by atoms with Crippen LogP contribution in [-0.2, 0) is 9.59 Å². The smallest absolute Gasteiger partial charge is 0.230 e. The molecule has 1 aliphatic carbocycles. The van der Waals surface area contributed by atoms with Crippen LogP contribution in [0.3, 0.4) is 0 Å². The van der Waals surface area contributed by atoms with Crippen LogP contribution in [0.1, 0.15) is 38.5 Å². The van der Waals surface area contributed by atoms with Gasteiger partial charge in [-0.3, -0.25) is 14.9 Å². The van der Waals surface area contributed by atoms with Crippen LogP contribution in [-0.4, -0.2) is 36.9 Å². The number of rotatable bonds is 1. The van der Waals surface area contributed by atoms with Gasteiger partial charge in [-0.15, -0.1) is 0 Å². The zero-order valence-corrected chi connectivity index (χ0v) is 11.1. The van der Waals surface area contributed by atoms with Crippen LogP contribution in [0.5, 0.6) is 0 Å². The van der Waals surface area contributed by atoms with Crippen molar-refractivity contribution in [1.29, 1.82) is 0 Å². The van der Waals surface area contributed by atoms with E-state index >= 15 is 0 Å². The molecule has 0 aromatic heterocycles. The second-order valence-electron chi connectivity index (χ2n) is 6.46. The summed E-state index contributed by atoms with van der Waals surface area (Å²) in [6.45, 7) is 1.93. The third-order valence-corrected chi connectivity index (χ3v) is 5.16. The molecule has 2 unspecified atom stereocenters. The molecule has 2 aliphatic heterocycles. The first kappa shape index (κ1) is 12.2. The lowest BCUT2D eigenvalue weighted by Gasteiger charge is -2.42. The molecule has 3 aliphatic rings. The summed E-state index contributed by atoms with van der Waals surface area (Å²) in [6.07, 6.45) is 6.37. The second kappa shape index (κ2) is 4.34. The Hall–Kier alpha value is -0.900. The van der Waals surface area contributed by atoms with Gasteiger partial charge >= 0.3 is 0 Å². The van der Waals surface area contributed by atoms with E-state index in [0.717, 1.165) is 32.4 Å². The van der Waals surface area contributed by atoms with Crippen LogP contribution < -0.4 is 5.32 Å². The van der Waals surface area contributed by atoms with E-state index in [0.29, 0.717) is 12.3 Å². The fourth-order valence-corrected chi connectivity index (χ4v) is 4.48. The molecule has 2 amide bonds. The lowest BCUT2D eigenvalue weighted by atomic mass is 9.64. The molecule has 0 aromatic rings. The zero-order chi connectivity index (χ0) is 12.8. The predicted octanol–water partition coefficient (Wildman–Crippen LogP) is 1.16. The SMILES string of the molecule is CN1CCC2(CC(=O)NC(=O)C2C2CCCC2)C1. The maximum absolute atomic E-state index is 12.3. The monoisotopic (exact) mass is 250 g/mol. The zero-order valence-electron chi connectivity index (χ0n) is 11.1. The van der Waals surface area contributed by atoms with Gasteiger partial charge < -0.3 is 4.90 Å². The average molecular weight is 250 g/mol. The minimum absolute atomic E-state index is 0.00782. The van der Waals surface area contributed by atoms with E-state index in [1.54, 1.807) is 0 Å². The Bertz CT molecular complexity index is 376. The van der Waals surface area contributed by atoms with Crippen molar-refractivity contribution in [3.05, 3.63) is 0 Å². The Labute approximate surface area is 108 Å². The fourth-order valence-electron chi connectivity index (χ4n) is 4.48. The Balaban J connectivity index is 1.90. The van der Waals surface area contributed by atoms with E-state index in [1.165, 1.54) is 12.8 Å². The van der Waals surface area contributed by atoms with E-state index in [-0.39, 0.29) is 23.1 Å². The molecule has 18 heavy (non-hydrogen) atoms. The quantitative estimate of drug-likeness (QED) is 0.711. The molecular formula is C14H22N2O2. The van der Waals surface area contributed by atoms with Crippen LogP contribution in [0.2, 0.25) is 0 Å². The number of hydrogen-bond acceptors (Lipinski definition) is 3. The molecule has 0 bridgehead atoms. The van der Waals surface area contributed by atoms with Crippen LogP contribution in [0.4, 0.5) is 0 Å². The Morgan fingerprint density at radius 2 is 2.00 bits per heavy atom. The van der Waals surface area contributed by atoms with Crippen molar-refractivity contribution in [1.82, 2.24) is 10.2 Å². The van der Waals surface area contributed by atoms with Crippen molar-refractivity contribution >= 4 is 11.8 Å². The minimum atomic E-state index is -0.0663. The van der Waals surface area contributed by atoms with Crippen LogP contribution >= 0.6 is 0 Å². The first-order valence-corrected chi connectivity index (χ1v) is 7.13. The number of amides is 2. The van der Waals surface area contributed by atoms with Crippen molar-refractivity contribution < 1.29 is 9.59 Å². The van der Waals surface area contributed by atoms with Gasteiger partial charge in [0.2, 0.25) is 11.8 Å². The minimum Gasteiger partial charge on any atom is -0.306 e. The fraction of sp³-hybridized carbons (Fsp3) is 0.857. The molecule has 1 saturated carbocycles. The van der Waals surface area contributed by atoms with Gasteiger partial charge in [-0.25, -0.2) is 0 Å². The van der Waals surface area contributed by atoms with Crippen LogP contribution in [0.25, 0.3) is 0 Å². The number of nitrogens with one attached hydrogen (secondary N) is 1. The van der Waals surface area contributed by atoms with E-state index in [2.05, 4.69) is 17.3 Å². The lowest BCUT2D eigenvalue weighted by Crippen LogP contribution is -2.55. The van der Waals surface area contributed by atoms with Gasteiger partial charge in [0.15, 0.2) is 0 Å². The van der Waals surface area contributed by atoms with Gasteiger partial charge in [0.05, 0.1) is 0 Å². The number of hydrogen-bond donors (Lipinski definition) is 1. The highest BCUT2D eigenvalue weighted by atomic mass is 16.2. The molecule has 0 radical (unpaired) electrons. The largest absolute Gasteiger partial charge is 0.306 e. The maximum atomic E-state index is 12.3. The van der Waals surface area contributed by atoms with Crippen molar-refractivity contribution in [2.45, 2.75) is 38.5 Å². The van der Waals surface area contributed by atoms with Gasteiger partial charge in [-0.05, 0) is 38.8 Å². The summed E-state index contributed by atoms with van der Waals surface area (Å²) >= 11 is 0. The summed E-state index contributed by atoms with van der Waals surface area (Å²) in [5.41, 5.74) is -0.0663. The lowest BCUT2D eigenvalue weighted by molar-refractivity contribution is -0.145. The molecule has 0 aromatic carbocycles. The van der Waals surface area contributed by atoms with Crippen molar-refractivity contribution in [2.24, 2.45) is 17.3 Å². The van der Waals surface area contributed by atoms with Crippen molar-refractivity contribution in [3.63, 3.8) is 0 Å². The molecular weight excluding hydrogens is 228 g/mol. The van der Waals surface area contributed by atoms with Gasteiger partial charge in [-0.1, -0.05) is 12.8 Å². The number of carbonyl (C=O) groups excluding carboxylic acids is 2. The van der Waals surface area contributed by atoms with Gasteiger partial charge in [0.1, 0.15) is 0 Å².